The van der Waals surface area contributed by atoms with E-state index >= 15 is 0 Å². The first-order valence-electron chi connectivity index (χ1n) is 6.69. The summed E-state index contributed by atoms with van der Waals surface area (Å²) in [6.45, 7) is 4.37. The zero-order chi connectivity index (χ0) is 17.7. The first-order valence-corrected chi connectivity index (χ1v) is 8.18. The van der Waals surface area contributed by atoms with Crippen LogP contribution < -0.4 is 4.72 Å². The van der Waals surface area contributed by atoms with E-state index in [0.29, 0.717) is 0 Å². The Kier molecular flexibility index (Phi) is 6.11. The maximum Gasteiger partial charge on any atom is 0.434 e. The molecule has 0 saturated carbocycles. The molecule has 1 aromatic carbocycles. The van der Waals surface area contributed by atoms with Crippen molar-refractivity contribution in [3.05, 3.63) is 30.3 Å². The third kappa shape index (κ3) is 5.53. The van der Waals surface area contributed by atoms with Crippen LogP contribution in [-0.2, 0) is 24.4 Å². The average Bonchev–Trinajstić information content (AvgIpc) is 2.45. The lowest BCUT2D eigenvalue weighted by Gasteiger charge is -2.31. The molecule has 0 unspecified atom stereocenters. The van der Waals surface area contributed by atoms with E-state index in [-0.39, 0.29) is 4.90 Å². The molecule has 0 heterocycles. The maximum absolute atomic E-state index is 11.9. The first kappa shape index (κ1) is 18.9. The minimum absolute atomic E-state index is 0.0621. The van der Waals surface area contributed by atoms with Gasteiger partial charge >= 0.3 is 6.09 Å². The Balaban J connectivity index is 2.63. The summed E-state index contributed by atoms with van der Waals surface area (Å²) in [6, 6.07) is 7.38. The summed E-state index contributed by atoms with van der Waals surface area (Å²) >= 11 is 0. The van der Waals surface area contributed by atoms with Gasteiger partial charge in [-0.2, -0.15) is 5.06 Å². The van der Waals surface area contributed by atoms with Crippen molar-refractivity contribution < 1.29 is 27.6 Å². The summed E-state index contributed by atoms with van der Waals surface area (Å²) in [7, 11) is -2.71. The number of hydroxylamine groups is 2. The number of hydrogen-bond donors (Lipinski definition) is 1. The fourth-order valence-corrected chi connectivity index (χ4v) is 2.64. The van der Waals surface area contributed by atoms with E-state index in [0.717, 1.165) is 5.06 Å². The van der Waals surface area contributed by atoms with E-state index in [9.17, 15) is 18.0 Å². The highest BCUT2D eigenvalue weighted by molar-refractivity contribution is 7.90. The number of nitrogens with zero attached hydrogens (tertiary/aromatic N) is 1. The number of amides is 2. The summed E-state index contributed by atoms with van der Waals surface area (Å²) in [6.07, 6.45) is -0.896. The summed E-state index contributed by atoms with van der Waals surface area (Å²) < 4.78 is 30.4. The van der Waals surface area contributed by atoms with Crippen LogP contribution in [0.5, 0.6) is 0 Å². The summed E-state index contributed by atoms with van der Waals surface area (Å²) in [5.74, 6) is -0.966. The second kappa shape index (κ2) is 7.42. The van der Waals surface area contributed by atoms with E-state index in [4.69, 9.17) is 9.57 Å². The Labute approximate surface area is 135 Å². The van der Waals surface area contributed by atoms with Crippen molar-refractivity contribution >= 4 is 22.0 Å². The predicted molar refractivity (Wildman–Crippen MR) is 81.7 cm³/mol. The molecular formula is C14H20N2O6S. The first-order chi connectivity index (χ1) is 10.6. The summed E-state index contributed by atoms with van der Waals surface area (Å²) in [5, 5.41) is 0.936. The van der Waals surface area contributed by atoms with Crippen LogP contribution in [0.3, 0.4) is 0 Å². The van der Waals surface area contributed by atoms with Crippen LogP contribution in [0.15, 0.2) is 35.2 Å². The van der Waals surface area contributed by atoms with Gasteiger partial charge in [0, 0.05) is 0 Å². The van der Waals surface area contributed by atoms with Crippen molar-refractivity contribution in [2.45, 2.75) is 31.2 Å². The second-order valence-electron chi connectivity index (χ2n) is 5.54. The van der Waals surface area contributed by atoms with Gasteiger partial charge in [-0.1, -0.05) is 18.2 Å². The maximum atomic E-state index is 11.9. The molecule has 1 N–H and O–H groups in total. The molecule has 1 aromatic rings. The van der Waals surface area contributed by atoms with Gasteiger partial charge < -0.3 is 4.74 Å². The van der Waals surface area contributed by atoms with Gasteiger partial charge in [0.2, 0.25) is 0 Å². The molecule has 1 rings (SSSR count). The van der Waals surface area contributed by atoms with E-state index in [1.165, 1.54) is 31.4 Å². The molecule has 9 heteroatoms. The normalized spacial score (nSPS) is 11.7. The quantitative estimate of drug-likeness (QED) is 0.808. The van der Waals surface area contributed by atoms with Gasteiger partial charge in [-0.15, -0.1) is 0 Å². The van der Waals surface area contributed by atoms with Gasteiger partial charge in [0.25, 0.3) is 15.9 Å². The van der Waals surface area contributed by atoms with Crippen LogP contribution in [0.1, 0.15) is 20.8 Å². The van der Waals surface area contributed by atoms with Crippen LogP contribution in [0.25, 0.3) is 0 Å². The minimum atomic E-state index is -4.00. The van der Waals surface area contributed by atoms with Crippen molar-refractivity contribution in [3.63, 3.8) is 0 Å². The van der Waals surface area contributed by atoms with Gasteiger partial charge in [-0.25, -0.2) is 17.9 Å². The highest BCUT2D eigenvalue weighted by Crippen LogP contribution is 2.14. The number of nitrogens with one attached hydrogen (secondary N) is 1. The summed E-state index contributed by atoms with van der Waals surface area (Å²) in [5.41, 5.74) is -0.682. The molecule has 0 fully saturated rings. The van der Waals surface area contributed by atoms with E-state index in [1.807, 2.05) is 4.72 Å². The number of carbonyl (C=O) groups is 2. The molecule has 0 bridgehead atoms. The lowest BCUT2D eigenvalue weighted by molar-refractivity contribution is -0.162. The Morgan fingerprint density at radius 2 is 1.74 bits per heavy atom. The van der Waals surface area contributed by atoms with Gasteiger partial charge in [0.1, 0.15) is 0 Å². The third-order valence-electron chi connectivity index (χ3n) is 2.59. The highest BCUT2D eigenvalue weighted by atomic mass is 32.2. The molecule has 8 nitrogen and oxygen atoms in total. The molecule has 0 atom stereocenters. The van der Waals surface area contributed by atoms with Crippen molar-refractivity contribution in [3.8, 4) is 0 Å². The number of carbonyl (C=O) groups excluding carboxylic acids is 2. The fourth-order valence-electron chi connectivity index (χ4n) is 1.65. The highest BCUT2D eigenvalue weighted by Gasteiger charge is 2.29. The lowest BCUT2D eigenvalue weighted by atomic mass is 10.1. The Bertz CT molecular complexity index is 652. The molecule has 128 valence electrons. The molecule has 0 spiro atoms. The topological polar surface area (TPSA) is 102 Å². The Morgan fingerprint density at radius 3 is 2.22 bits per heavy atom. The van der Waals surface area contributed by atoms with Crippen molar-refractivity contribution in [1.82, 2.24) is 9.79 Å². The molecule has 0 radical (unpaired) electrons. The number of ether oxygens (including phenoxy) is 1. The Hall–Kier alpha value is -2.13. The lowest BCUT2D eigenvalue weighted by Crippen LogP contribution is -2.46. The number of benzene rings is 1. The number of rotatable bonds is 5. The van der Waals surface area contributed by atoms with Crippen molar-refractivity contribution in [2.24, 2.45) is 0 Å². The van der Waals surface area contributed by atoms with Crippen LogP contribution >= 0.6 is 0 Å². The number of sulfonamides is 1. The molecule has 0 aliphatic heterocycles. The van der Waals surface area contributed by atoms with Crippen molar-refractivity contribution in [1.29, 1.82) is 0 Å². The predicted octanol–water partition coefficient (Wildman–Crippen LogP) is 1.29. The van der Waals surface area contributed by atoms with E-state index in [1.54, 1.807) is 26.8 Å². The SMILES string of the molecule is CON(C(=O)OCC(=O)NS(=O)(=O)c1ccccc1)C(C)(C)C. The zero-order valence-corrected chi connectivity index (χ0v) is 14.2. The molecule has 0 aromatic heterocycles. The molecule has 23 heavy (non-hydrogen) atoms. The minimum Gasteiger partial charge on any atom is -0.438 e. The average molecular weight is 344 g/mol. The van der Waals surface area contributed by atoms with Crippen LogP contribution in [0.2, 0.25) is 0 Å². The van der Waals surface area contributed by atoms with Crippen LogP contribution in [0, 0.1) is 0 Å². The Morgan fingerprint density at radius 1 is 1.17 bits per heavy atom. The van der Waals surface area contributed by atoms with Gasteiger partial charge in [0.05, 0.1) is 17.5 Å². The van der Waals surface area contributed by atoms with Gasteiger partial charge in [-0.3, -0.25) is 9.63 Å². The molecular weight excluding hydrogens is 324 g/mol. The standard InChI is InChI=1S/C14H20N2O6S/c1-14(2,3)16(21-4)13(18)22-10-12(17)15-23(19,20)11-8-6-5-7-9-11/h5-9H,10H2,1-4H3,(H,15,17). The molecule has 2 amide bonds. The largest absolute Gasteiger partial charge is 0.438 e. The molecule has 0 saturated heterocycles. The van der Waals surface area contributed by atoms with E-state index in [2.05, 4.69) is 0 Å². The molecule has 0 aliphatic rings. The summed E-state index contributed by atoms with van der Waals surface area (Å²) in [4.78, 5) is 28.3. The van der Waals surface area contributed by atoms with Crippen LogP contribution in [0.4, 0.5) is 4.79 Å². The zero-order valence-electron chi connectivity index (χ0n) is 13.4. The smallest absolute Gasteiger partial charge is 0.434 e. The third-order valence-corrected chi connectivity index (χ3v) is 3.98. The monoisotopic (exact) mass is 344 g/mol. The van der Waals surface area contributed by atoms with E-state index < -0.39 is 34.2 Å². The van der Waals surface area contributed by atoms with Crippen LogP contribution in [-0.4, -0.2) is 44.7 Å². The second-order valence-corrected chi connectivity index (χ2v) is 7.23. The fraction of sp³-hybridized carbons (Fsp3) is 0.429. The molecule has 0 aliphatic carbocycles. The van der Waals surface area contributed by atoms with Gasteiger partial charge in [0.15, 0.2) is 6.61 Å². The van der Waals surface area contributed by atoms with Crippen molar-refractivity contribution in [2.75, 3.05) is 13.7 Å². The van der Waals surface area contributed by atoms with Gasteiger partial charge in [-0.05, 0) is 32.9 Å². The number of hydrogen-bond acceptors (Lipinski definition) is 6.